The minimum Gasteiger partial charge on any atom is -0.476 e. The van der Waals surface area contributed by atoms with E-state index in [9.17, 15) is 4.79 Å². The molecule has 7 nitrogen and oxygen atoms in total. The van der Waals surface area contributed by atoms with Crippen LogP contribution in [-0.4, -0.2) is 33.7 Å². The highest BCUT2D eigenvalue weighted by atomic mass is 35.5. The van der Waals surface area contributed by atoms with Gasteiger partial charge in [-0.2, -0.15) is 10.4 Å². The first-order valence-corrected chi connectivity index (χ1v) is 10.4. The molecule has 1 aliphatic heterocycles. The second kappa shape index (κ2) is 7.37. The number of halogens is 1. The summed E-state index contributed by atoms with van der Waals surface area (Å²) in [6.07, 6.45) is 8.09. The molecule has 2 atom stereocenters. The van der Waals surface area contributed by atoms with Gasteiger partial charge in [0.25, 0.3) is 0 Å². The summed E-state index contributed by atoms with van der Waals surface area (Å²) in [5.74, 6) is 0.817. The highest BCUT2D eigenvalue weighted by Crippen LogP contribution is 2.62. The van der Waals surface area contributed by atoms with Crippen molar-refractivity contribution in [1.82, 2.24) is 15.0 Å². The van der Waals surface area contributed by atoms with E-state index in [1.54, 1.807) is 11.2 Å². The maximum atomic E-state index is 13.3. The van der Waals surface area contributed by atoms with Crippen molar-refractivity contribution in [1.29, 1.82) is 5.26 Å². The Kier molecular flexibility index (Phi) is 4.67. The van der Waals surface area contributed by atoms with E-state index < -0.39 is 0 Å². The minimum atomic E-state index is -0.134. The molecule has 1 aromatic carbocycles. The molecule has 0 N–H and O–H groups in total. The Balaban J connectivity index is 1.24. The Labute approximate surface area is 179 Å². The molecule has 1 aromatic heterocycles. The minimum absolute atomic E-state index is 0.00387. The number of nitrogens with zero attached hydrogens (tertiary/aromatic N) is 5. The third-order valence-electron chi connectivity index (χ3n) is 6.52. The Morgan fingerprint density at radius 2 is 2.10 bits per heavy atom. The summed E-state index contributed by atoms with van der Waals surface area (Å²) in [6, 6.07) is 9.45. The van der Waals surface area contributed by atoms with Crippen molar-refractivity contribution in [2.24, 2.45) is 22.4 Å². The number of carbonyl (C=O) groups excluding carboxylic acids is 1. The number of rotatable bonds is 5. The van der Waals surface area contributed by atoms with Gasteiger partial charge in [-0.15, -0.1) is 0 Å². The van der Waals surface area contributed by atoms with E-state index in [0.717, 1.165) is 24.8 Å². The average Bonchev–Trinajstić information content (AvgIpc) is 3.46. The lowest BCUT2D eigenvalue weighted by molar-refractivity contribution is -0.138. The van der Waals surface area contributed by atoms with Crippen LogP contribution >= 0.6 is 11.6 Å². The number of benzene rings is 1. The van der Waals surface area contributed by atoms with Gasteiger partial charge in [0.15, 0.2) is 5.69 Å². The van der Waals surface area contributed by atoms with Crippen LogP contribution in [0.1, 0.15) is 43.0 Å². The van der Waals surface area contributed by atoms with Gasteiger partial charge in [0.1, 0.15) is 6.07 Å². The van der Waals surface area contributed by atoms with Gasteiger partial charge in [0, 0.05) is 29.0 Å². The molecule has 2 aromatic rings. The molecule has 3 saturated carbocycles. The van der Waals surface area contributed by atoms with Crippen LogP contribution < -0.4 is 4.74 Å². The van der Waals surface area contributed by atoms with E-state index in [1.807, 2.05) is 30.3 Å². The smallest absolute Gasteiger partial charge is 0.246 e. The second-order valence-electron chi connectivity index (χ2n) is 8.37. The van der Waals surface area contributed by atoms with Gasteiger partial charge in [-0.1, -0.05) is 29.8 Å². The summed E-state index contributed by atoms with van der Waals surface area (Å²) >= 11 is 6.37. The maximum absolute atomic E-state index is 13.3. The van der Waals surface area contributed by atoms with E-state index in [-0.39, 0.29) is 29.0 Å². The lowest BCUT2D eigenvalue weighted by Gasteiger charge is -2.38. The first-order valence-electron chi connectivity index (χ1n) is 10.0. The van der Waals surface area contributed by atoms with Crippen LogP contribution in [0.25, 0.3) is 0 Å². The zero-order valence-corrected chi connectivity index (χ0v) is 17.0. The van der Waals surface area contributed by atoms with Crippen LogP contribution in [0.15, 0.2) is 41.8 Å². The number of hydrogen-bond acceptors (Lipinski definition) is 6. The molecule has 0 radical (unpaired) electrons. The molecular weight excluding hydrogens is 402 g/mol. The van der Waals surface area contributed by atoms with Crippen LogP contribution in [0.2, 0.25) is 5.02 Å². The van der Waals surface area contributed by atoms with Gasteiger partial charge < -0.3 is 4.74 Å². The standard InChI is InChI=1S/C22H20ClN5O2/c23-18-4-2-1-3-16(18)19-5-6-27-28(19)21(29)17-9-22(7-14(17)8-22)13-30-20-12-25-15(10-24)11-26-20/h1-4,6,11-12,14,17,19H,5,7-9,13H2/t14?,17-,19?,22?/m0/s1. The van der Waals surface area contributed by atoms with Gasteiger partial charge in [-0.3, -0.25) is 4.79 Å². The van der Waals surface area contributed by atoms with Crippen LogP contribution in [0.5, 0.6) is 5.88 Å². The van der Waals surface area contributed by atoms with Crippen LogP contribution in [0.3, 0.4) is 0 Å². The third-order valence-corrected chi connectivity index (χ3v) is 6.86. The van der Waals surface area contributed by atoms with E-state index in [1.165, 1.54) is 12.4 Å². The van der Waals surface area contributed by atoms with Gasteiger partial charge in [0.05, 0.1) is 25.0 Å². The molecular formula is C22H20ClN5O2. The van der Waals surface area contributed by atoms with Gasteiger partial charge in [0.2, 0.25) is 11.8 Å². The second-order valence-corrected chi connectivity index (χ2v) is 8.78. The summed E-state index contributed by atoms with van der Waals surface area (Å²) in [7, 11) is 0. The van der Waals surface area contributed by atoms with Crippen molar-refractivity contribution >= 4 is 23.7 Å². The maximum Gasteiger partial charge on any atom is 0.246 e. The molecule has 0 saturated heterocycles. The number of amides is 1. The molecule has 1 unspecified atom stereocenters. The molecule has 2 bridgehead atoms. The molecule has 0 spiro atoms. The summed E-state index contributed by atoms with van der Waals surface area (Å²) in [6.45, 7) is 0.505. The normalized spacial score (nSPS) is 28.8. The zero-order valence-electron chi connectivity index (χ0n) is 16.2. The van der Waals surface area contributed by atoms with Gasteiger partial charge in [-0.05, 0) is 36.8 Å². The highest BCUT2D eigenvalue weighted by molar-refractivity contribution is 6.31. The van der Waals surface area contributed by atoms with Crippen LogP contribution in [0, 0.1) is 28.6 Å². The van der Waals surface area contributed by atoms with Crippen molar-refractivity contribution < 1.29 is 9.53 Å². The zero-order chi connectivity index (χ0) is 20.7. The van der Waals surface area contributed by atoms with Crippen molar-refractivity contribution in [2.45, 2.75) is 31.7 Å². The molecule has 3 fully saturated rings. The lowest BCUT2D eigenvalue weighted by Crippen LogP contribution is -2.36. The molecule has 4 aliphatic rings. The number of hydrogen-bond donors (Lipinski definition) is 0. The fourth-order valence-electron chi connectivity index (χ4n) is 5.08. The summed E-state index contributed by atoms with van der Waals surface area (Å²) < 4.78 is 5.84. The van der Waals surface area contributed by atoms with Crippen LogP contribution in [0.4, 0.5) is 0 Å². The number of ether oxygens (including phenoxy) is 1. The average molecular weight is 422 g/mol. The van der Waals surface area contributed by atoms with Crippen molar-refractivity contribution in [3.63, 3.8) is 0 Å². The van der Waals surface area contributed by atoms with Gasteiger partial charge in [-0.25, -0.2) is 15.0 Å². The summed E-state index contributed by atoms with van der Waals surface area (Å²) in [5.41, 5.74) is 1.20. The van der Waals surface area contributed by atoms with Crippen molar-refractivity contribution in [2.75, 3.05) is 6.61 Å². The van der Waals surface area contributed by atoms with Crippen LogP contribution in [-0.2, 0) is 4.79 Å². The number of aromatic nitrogens is 2. The van der Waals surface area contributed by atoms with E-state index in [4.69, 9.17) is 21.6 Å². The molecule has 3 aliphatic carbocycles. The van der Waals surface area contributed by atoms with E-state index >= 15 is 0 Å². The molecule has 2 heterocycles. The molecule has 6 rings (SSSR count). The first kappa shape index (κ1) is 19.0. The lowest BCUT2D eigenvalue weighted by atomic mass is 9.70. The number of nitriles is 1. The first-order chi connectivity index (χ1) is 14.6. The Morgan fingerprint density at radius 1 is 1.27 bits per heavy atom. The number of hydrazone groups is 1. The third kappa shape index (κ3) is 3.21. The van der Waals surface area contributed by atoms with Crippen molar-refractivity contribution in [3.05, 3.63) is 52.9 Å². The monoisotopic (exact) mass is 421 g/mol. The predicted molar refractivity (Wildman–Crippen MR) is 110 cm³/mol. The Hall–Kier alpha value is -2.98. The molecule has 8 heteroatoms. The predicted octanol–water partition coefficient (Wildman–Crippen LogP) is 3.76. The quantitative estimate of drug-likeness (QED) is 0.733. The topological polar surface area (TPSA) is 91.5 Å². The largest absolute Gasteiger partial charge is 0.476 e. The Bertz CT molecular complexity index is 1040. The van der Waals surface area contributed by atoms with Gasteiger partial charge >= 0.3 is 0 Å². The molecule has 30 heavy (non-hydrogen) atoms. The summed E-state index contributed by atoms with van der Waals surface area (Å²) in [4.78, 5) is 21.4. The summed E-state index contributed by atoms with van der Waals surface area (Å²) in [5, 5.41) is 15.5. The van der Waals surface area contributed by atoms with E-state index in [0.29, 0.717) is 29.8 Å². The SMILES string of the molecule is N#Cc1cnc(OCC23CC(C2)[C@@H](C(=O)N2N=CCC2c2ccccc2Cl)C3)cn1. The fourth-order valence-corrected chi connectivity index (χ4v) is 5.34. The Morgan fingerprint density at radius 3 is 2.83 bits per heavy atom. The molecule has 152 valence electrons. The highest BCUT2D eigenvalue weighted by Gasteiger charge is 2.59. The van der Waals surface area contributed by atoms with E-state index in [2.05, 4.69) is 15.1 Å². The van der Waals surface area contributed by atoms with Crippen molar-refractivity contribution in [3.8, 4) is 11.9 Å². The number of fused-ring (bicyclic) bond motifs is 1. The molecule has 1 amide bonds. The number of carbonyl (C=O) groups is 1. The fraction of sp³-hybridized carbons (Fsp3) is 0.409.